The maximum atomic E-state index is 13.3. The normalized spacial score (nSPS) is 10.7. The van der Waals surface area contributed by atoms with Gasteiger partial charge in [-0.2, -0.15) is 0 Å². The molecule has 0 aliphatic carbocycles. The molecule has 1 aromatic carbocycles. The molecule has 0 saturated heterocycles. The van der Waals surface area contributed by atoms with Gasteiger partial charge in [-0.15, -0.1) is 0 Å². The first kappa shape index (κ1) is 9.02. The third kappa shape index (κ3) is 1.24. The fraction of sp³-hybridized carbons (Fsp3) is 0. The van der Waals surface area contributed by atoms with Crippen LogP contribution in [0.25, 0.3) is 10.9 Å². The van der Waals surface area contributed by atoms with E-state index in [4.69, 9.17) is 16.7 Å². The highest BCUT2D eigenvalue weighted by atomic mass is 35.5. The second kappa shape index (κ2) is 2.99. The number of carboxylic acids is 1. The summed E-state index contributed by atoms with van der Waals surface area (Å²) < 4.78 is 13.3. The smallest absolute Gasteiger partial charge is 0.352 e. The predicted molar refractivity (Wildman–Crippen MR) is 50.2 cm³/mol. The van der Waals surface area contributed by atoms with E-state index in [2.05, 4.69) is 4.98 Å². The monoisotopic (exact) mass is 213 g/mol. The summed E-state index contributed by atoms with van der Waals surface area (Å²) in [6.45, 7) is 0. The van der Waals surface area contributed by atoms with E-state index in [1.165, 1.54) is 12.1 Å². The minimum absolute atomic E-state index is 0.0312. The van der Waals surface area contributed by atoms with Gasteiger partial charge in [-0.1, -0.05) is 17.7 Å². The Morgan fingerprint density at radius 3 is 2.86 bits per heavy atom. The van der Waals surface area contributed by atoms with Crippen molar-refractivity contribution in [3.8, 4) is 0 Å². The first-order chi connectivity index (χ1) is 6.59. The number of halogens is 2. The van der Waals surface area contributed by atoms with Crippen LogP contribution in [0, 0.1) is 5.82 Å². The molecule has 0 radical (unpaired) electrons. The summed E-state index contributed by atoms with van der Waals surface area (Å²) in [6, 6.07) is 4.31. The van der Waals surface area contributed by atoms with Crippen molar-refractivity contribution in [3.63, 3.8) is 0 Å². The zero-order valence-electron chi connectivity index (χ0n) is 6.84. The Balaban J connectivity index is 2.77. The molecule has 0 amide bonds. The molecule has 0 spiro atoms. The second-order valence-electron chi connectivity index (χ2n) is 2.81. The average molecular weight is 214 g/mol. The van der Waals surface area contributed by atoms with Crippen LogP contribution in [0.5, 0.6) is 0 Å². The molecule has 0 unspecified atom stereocenters. The van der Waals surface area contributed by atoms with E-state index < -0.39 is 11.8 Å². The number of aromatic amines is 1. The molecular formula is C9H5ClFNO2. The topological polar surface area (TPSA) is 53.1 Å². The number of carboxylic acid groups (broad SMARTS) is 1. The summed E-state index contributed by atoms with van der Waals surface area (Å²) in [5.41, 5.74) is 0.0658. The summed E-state index contributed by atoms with van der Waals surface area (Å²) in [6.07, 6.45) is 0. The maximum absolute atomic E-state index is 13.3. The number of aromatic carboxylic acids is 1. The molecule has 1 aromatic heterocycles. The molecule has 5 heteroatoms. The number of H-pyrrole nitrogens is 1. The maximum Gasteiger partial charge on any atom is 0.352 e. The molecule has 0 bridgehead atoms. The highest BCUT2D eigenvalue weighted by Gasteiger charge is 2.12. The lowest BCUT2D eigenvalue weighted by atomic mass is 10.2. The van der Waals surface area contributed by atoms with Gasteiger partial charge in [0.2, 0.25) is 0 Å². The van der Waals surface area contributed by atoms with E-state index in [0.717, 1.165) is 0 Å². The van der Waals surface area contributed by atoms with Crippen LogP contribution in [0.4, 0.5) is 4.39 Å². The lowest BCUT2D eigenvalue weighted by Gasteiger charge is -1.94. The van der Waals surface area contributed by atoms with Gasteiger partial charge in [0, 0.05) is 5.39 Å². The number of nitrogens with one attached hydrogen (secondary N) is 1. The van der Waals surface area contributed by atoms with Crippen LogP contribution in [-0.4, -0.2) is 16.1 Å². The third-order valence-electron chi connectivity index (χ3n) is 1.92. The van der Waals surface area contributed by atoms with E-state index >= 15 is 0 Å². The van der Waals surface area contributed by atoms with Crippen LogP contribution < -0.4 is 0 Å². The van der Waals surface area contributed by atoms with Crippen LogP contribution in [0.15, 0.2) is 18.2 Å². The number of aromatic nitrogens is 1. The van der Waals surface area contributed by atoms with Crippen molar-refractivity contribution in [2.45, 2.75) is 0 Å². The van der Waals surface area contributed by atoms with Gasteiger partial charge in [-0.3, -0.25) is 0 Å². The number of carbonyl (C=O) groups is 1. The Labute approximate surface area is 83.1 Å². The van der Waals surface area contributed by atoms with Gasteiger partial charge < -0.3 is 10.1 Å². The molecule has 2 rings (SSSR count). The molecule has 0 fully saturated rings. The minimum atomic E-state index is -1.13. The Hall–Kier alpha value is -1.55. The first-order valence-electron chi connectivity index (χ1n) is 3.79. The quantitative estimate of drug-likeness (QED) is 0.765. The van der Waals surface area contributed by atoms with Crippen molar-refractivity contribution >= 4 is 28.5 Å². The van der Waals surface area contributed by atoms with E-state index in [0.29, 0.717) is 5.39 Å². The number of benzene rings is 1. The largest absolute Gasteiger partial charge is 0.477 e. The van der Waals surface area contributed by atoms with Gasteiger partial charge in [-0.05, 0) is 12.1 Å². The third-order valence-corrected chi connectivity index (χ3v) is 2.21. The van der Waals surface area contributed by atoms with Crippen LogP contribution in [0.3, 0.4) is 0 Å². The van der Waals surface area contributed by atoms with Crippen molar-refractivity contribution in [3.05, 3.63) is 34.7 Å². The highest BCUT2D eigenvalue weighted by molar-refractivity contribution is 6.31. The molecule has 0 aliphatic rings. The van der Waals surface area contributed by atoms with Gasteiger partial charge in [0.1, 0.15) is 5.69 Å². The van der Waals surface area contributed by atoms with Gasteiger partial charge in [0.15, 0.2) is 5.82 Å². The Kier molecular flexibility index (Phi) is 1.93. The fourth-order valence-corrected chi connectivity index (χ4v) is 1.41. The van der Waals surface area contributed by atoms with Crippen molar-refractivity contribution in [1.29, 1.82) is 0 Å². The Morgan fingerprint density at radius 2 is 2.21 bits per heavy atom. The minimum Gasteiger partial charge on any atom is -0.477 e. The summed E-state index contributed by atoms with van der Waals surface area (Å²) in [5.74, 6) is -1.76. The SMILES string of the molecule is O=C(O)c1cc2ccc(Cl)c(F)c2[nH]1. The van der Waals surface area contributed by atoms with Crippen molar-refractivity contribution in [2.75, 3.05) is 0 Å². The summed E-state index contributed by atoms with van der Waals surface area (Å²) in [5, 5.41) is 9.12. The van der Waals surface area contributed by atoms with Crippen molar-refractivity contribution in [1.82, 2.24) is 4.98 Å². The molecule has 0 atom stereocenters. The van der Waals surface area contributed by atoms with Crippen LogP contribution in [0.1, 0.15) is 10.5 Å². The number of fused-ring (bicyclic) bond motifs is 1. The first-order valence-corrected chi connectivity index (χ1v) is 4.17. The molecule has 2 aromatic rings. The molecule has 0 saturated carbocycles. The van der Waals surface area contributed by atoms with Crippen LogP contribution in [-0.2, 0) is 0 Å². The molecular weight excluding hydrogens is 209 g/mol. The van der Waals surface area contributed by atoms with Crippen LogP contribution >= 0.6 is 11.6 Å². The van der Waals surface area contributed by atoms with E-state index in [-0.39, 0.29) is 16.2 Å². The second-order valence-corrected chi connectivity index (χ2v) is 3.22. The molecule has 2 N–H and O–H groups in total. The Bertz CT molecular complexity index is 521. The van der Waals surface area contributed by atoms with E-state index in [1.54, 1.807) is 6.07 Å². The van der Waals surface area contributed by atoms with Crippen molar-refractivity contribution in [2.24, 2.45) is 0 Å². The van der Waals surface area contributed by atoms with E-state index in [9.17, 15) is 9.18 Å². The van der Waals surface area contributed by atoms with E-state index in [1.807, 2.05) is 0 Å². The summed E-state index contributed by atoms with van der Waals surface area (Å²) in [4.78, 5) is 13.0. The lowest BCUT2D eigenvalue weighted by molar-refractivity contribution is 0.0691. The zero-order chi connectivity index (χ0) is 10.3. The number of hydrogen-bond acceptors (Lipinski definition) is 1. The van der Waals surface area contributed by atoms with Gasteiger partial charge in [0.05, 0.1) is 10.5 Å². The fourth-order valence-electron chi connectivity index (χ4n) is 1.25. The predicted octanol–water partition coefficient (Wildman–Crippen LogP) is 2.66. The van der Waals surface area contributed by atoms with Crippen molar-refractivity contribution < 1.29 is 14.3 Å². The lowest BCUT2D eigenvalue weighted by Crippen LogP contribution is -1.95. The van der Waals surface area contributed by atoms with Gasteiger partial charge >= 0.3 is 5.97 Å². The molecule has 72 valence electrons. The summed E-state index contributed by atoms with van der Waals surface area (Å²) in [7, 11) is 0. The highest BCUT2D eigenvalue weighted by Crippen LogP contribution is 2.24. The number of hydrogen-bond donors (Lipinski definition) is 2. The van der Waals surface area contributed by atoms with Gasteiger partial charge in [-0.25, -0.2) is 9.18 Å². The van der Waals surface area contributed by atoms with Gasteiger partial charge in [0.25, 0.3) is 0 Å². The molecule has 14 heavy (non-hydrogen) atoms. The van der Waals surface area contributed by atoms with Crippen LogP contribution in [0.2, 0.25) is 5.02 Å². The average Bonchev–Trinajstić information content (AvgIpc) is 2.56. The standard InChI is InChI=1S/C9H5ClFNO2/c10-5-2-1-4-3-6(9(13)14)12-8(4)7(5)11/h1-3,12H,(H,13,14). The number of rotatable bonds is 1. The Morgan fingerprint density at radius 1 is 1.50 bits per heavy atom. The zero-order valence-corrected chi connectivity index (χ0v) is 7.60. The summed E-state index contributed by atoms with van der Waals surface area (Å²) >= 11 is 5.53. The molecule has 3 nitrogen and oxygen atoms in total. The molecule has 1 heterocycles. The molecule has 0 aliphatic heterocycles.